The summed E-state index contributed by atoms with van der Waals surface area (Å²) in [7, 11) is 0. The van der Waals surface area contributed by atoms with E-state index >= 15 is 0 Å². The summed E-state index contributed by atoms with van der Waals surface area (Å²) >= 11 is 0. The first-order chi connectivity index (χ1) is 8.65. The van der Waals surface area contributed by atoms with E-state index in [2.05, 4.69) is 15.6 Å². The molecule has 0 saturated heterocycles. The van der Waals surface area contributed by atoms with Crippen molar-refractivity contribution in [2.24, 2.45) is 0 Å². The molecule has 1 heterocycles. The topological polar surface area (TPSA) is 96.3 Å². The van der Waals surface area contributed by atoms with Gasteiger partial charge in [0.2, 0.25) is 5.91 Å². The van der Waals surface area contributed by atoms with Crippen LogP contribution in [-0.2, 0) is 11.3 Å². The molecule has 1 amide bonds. The normalized spacial score (nSPS) is 14.4. The van der Waals surface area contributed by atoms with Gasteiger partial charge in [0.1, 0.15) is 0 Å². The number of nitrogens with zero attached hydrogens (tertiary/aromatic N) is 2. The maximum Gasteiger partial charge on any atom is 0.356 e. The van der Waals surface area contributed by atoms with Crippen LogP contribution in [0.4, 0.5) is 0 Å². The van der Waals surface area contributed by atoms with E-state index in [1.807, 2.05) is 0 Å². The van der Waals surface area contributed by atoms with E-state index in [9.17, 15) is 9.59 Å². The zero-order chi connectivity index (χ0) is 13.0. The summed E-state index contributed by atoms with van der Waals surface area (Å²) in [6, 6.07) is 0.516. The highest BCUT2D eigenvalue weighted by atomic mass is 16.4. The van der Waals surface area contributed by atoms with Crippen LogP contribution in [0.3, 0.4) is 0 Å². The summed E-state index contributed by atoms with van der Waals surface area (Å²) in [4.78, 5) is 25.7. The van der Waals surface area contributed by atoms with Crippen LogP contribution in [0.5, 0.6) is 0 Å². The third-order valence-electron chi connectivity index (χ3n) is 2.67. The molecule has 1 saturated carbocycles. The van der Waals surface area contributed by atoms with Crippen molar-refractivity contribution in [1.29, 1.82) is 0 Å². The van der Waals surface area contributed by atoms with E-state index in [0.717, 1.165) is 12.8 Å². The summed E-state index contributed by atoms with van der Waals surface area (Å²) in [6.07, 6.45) is 5.19. The predicted octanol–water partition coefficient (Wildman–Crippen LogP) is -0.550. The molecule has 1 fully saturated rings. The molecule has 18 heavy (non-hydrogen) atoms. The number of amides is 1. The molecular weight excluding hydrogens is 236 g/mol. The third-order valence-corrected chi connectivity index (χ3v) is 2.67. The second kappa shape index (κ2) is 5.63. The van der Waals surface area contributed by atoms with Gasteiger partial charge < -0.3 is 20.3 Å². The van der Waals surface area contributed by atoms with Gasteiger partial charge >= 0.3 is 5.97 Å². The number of hydrogen-bond acceptors (Lipinski definition) is 4. The lowest BCUT2D eigenvalue weighted by Gasteiger charge is -2.06. The molecule has 7 nitrogen and oxygen atoms in total. The van der Waals surface area contributed by atoms with E-state index in [1.165, 1.54) is 12.5 Å². The Bertz CT molecular complexity index is 439. The molecule has 0 unspecified atom stereocenters. The lowest BCUT2D eigenvalue weighted by molar-refractivity contribution is -0.120. The summed E-state index contributed by atoms with van der Waals surface area (Å²) in [5.41, 5.74) is 0.0109. The van der Waals surface area contributed by atoms with Crippen LogP contribution >= 0.6 is 0 Å². The van der Waals surface area contributed by atoms with Gasteiger partial charge in [-0.05, 0) is 12.8 Å². The van der Waals surface area contributed by atoms with Gasteiger partial charge in [-0.2, -0.15) is 0 Å². The molecule has 1 aromatic rings. The van der Waals surface area contributed by atoms with Gasteiger partial charge in [0.15, 0.2) is 5.69 Å². The Morgan fingerprint density at radius 1 is 1.50 bits per heavy atom. The fraction of sp³-hybridized carbons (Fsp3) is 0.545. The van der Waals surface area contributed by atoms with Crippen molar-refractivity contribution in [3.05, 3.63) is 18.2 Å². The van der Waals surface area contributed by atoms with E-state index in [0.29, 0.717) is 25.7 Å². The second-order valence-corrected chi connectivity index (χ2v) is 4.31. The molecule has 1 aliphatic carbocycles. The summed E-state index contributed by atoms with van der Waals surface area (Å²) in [5, 5.41) is 14.6. The molecule has 0 aliphatic heterocycles. The van der Waals surface area contributed by atoms with Crippen LogP contribution in [0.15, 0.2) is 12.5 Å². The molecule has 0 radical (unpaired) electrons. The first kappa shape index (κ1) is 12.6. The number of hydrogen-bond donors (Lipinski definition) is 3. The first-order valence-electron chi connectivity index (χ1n) is 5.90. The maximum absolute atomic E-state index is 11.4. The van der Waals surface area contributed by atoms with Crippen molar-refractivity contribution < 1.29 is 14.7 Å². The lowest BCUT2D eigenvalue weighted by atomic mass is 10.5. The minimum atomic E-state index is -1.05. The zero-order valence-corrected chi connectivity index (χ0v) is 9.93. The zero-order valence-electron chi connectivity index (χ0n) is 9.93. The number of nitrogens with one attached hydrogen (secondary N) is 2. The Morgan fingerprint density at radius 3 is 2.89 bits per heavy atom. The van der Waals surface area contributed by atoms with Crippen LogP contribution in [0.2, 0.25) is 0 Å². The third kappa shape index (κ3) is 3.85. The number of carboxylic acids is 1. The molecule has 0 spiro atoms. The Morgan fingerprint density at radius 2 is 2.28 bits per heavy atom. The Labute approximate surface area is 104 Å². The Hall–Kier alpha value is -1.89. The van der Waals surface area contributed by atoms with Gasteiger partial charge in [-0.1, -0.05) is 0 Å². The van der Waals surface area contributed by atoms with E-state index in [4.69, 9.17) is 5.11 Å². The molecule has 1 aliphatic rings. The minimum Gasteiger partial charge on any atom is -0.476 e. The number of imidazole rings is 1. The van der Waals surface area contributed by atoms with Crippen molar-refractivity contribution >= 4 is 11.9 Å². The van der Waals surface area contributed by atoms with Crippen molar-refractivity contribution in [3.63, 3.8) is 0 Å². The number of carbonyl (C=O) groups excluding carboxylic acids is 1. The highest BCUT2D eigenvalue weighted by Gasteiger charge is 2.20. The number of carbonyl (C=O) groups is 2. The van der Waals surface area contributed by atoms with Crippen molar-refractivity contribution in [2.45, 2.75) is 25.4 Å². The second-order valence-electron chi connectivity index (χ2n) is 4.31. The van der Waals surface area contributed by atoms with Crippen LogP contribution in [0.1, 0.15) is 23.3 Å². The van der Waals surface area contributed by atoms with Gasteiger partial charge in [0, 0.05) is 25.3 Å². The highest BCUT2D eigenvalue weighted by molar-refractivity contribution is 5.84. The average molecular weight is 252 g/mol. The van der Waals surface area contributed by atoms with Crippen molar-refractivity contribution in [3.8, 4) is 0 Å². The average Bonchev–Trinajstić information content (AvgIpc) is 3.04. The standard InChI is InChI=1S/C11H16N4O3/c16-10(5-13-8-1-2-8)12-3-4-15-6-9(11(17)18)14-7-15/h6-8,13H,1-5H2,(H,12,16)(H,17,18). The predicted molar refractivity (Wildman–Crippen MR) is 63.2 cm³/mol. The highest BCUT2D eigenvalue weighted by Crippen LogP contribution is 2.17. The molecule has 98 valence electrons. The molecule has 0 atom stereocenters. The van der Waals surface area contributed by atoms with E-state index in [1.54, 1.807) is 4.57 Å². The van der Waals surface area contributed by atoms with E-state index < -0.39 is 5.97 Å². The molecule has 3 N–H and O–H groups in total. The van der Waals surface area contributed by atoms with Gasteiger partial charge in [-0.15, -0.1) is 0 Å². The quantitative estimate of drug-likeness (QED) is 0.605. The summed E-state index contributed by atoms with van der Waals surface area (Å²) < 4.78 is 1.64. The number of carboxylic acid groups (broad SMARTS) is 1. The van der Waals surface area contributed by atoms with Crippen molar-refractivity contribution in [2.75, 3.05) is 13.1 Å². The van der Waals surface area contributed by atoms with Gasteiger partial charge in [0.05, 0.1) is 12.9 Å². The summed E-state index contributed by atoms with van der Waals surface area (Å²) in [6.45, 7) is 1.31. The molecular formula is C11H16N4O3. The van der Waals surface area contributed by atoms with Crippen LogP contribution in [0, 0.1) is 0 Å². The molecule has 1 aromatic heterocycles. The number of rotatable bonds is 7. The number of aromatic nitrogens is 2. The molecule has 0 aromatic carbocycles. The molecule has 0 bridgehead atoms. The Kier molecular flexibility index (Phi) is 3.93. The van der Waals surface area contributed by atoms with Gasteiger partial charge in [-0.25, -0.2) is 9.78 Å². The monoisotopic (exact) mass is 252 g/mol. The SMILES string of the molecule is O=C(CNC1CC1)NCCn1cnc(C(=O)O)c1. The maximum atomic E-state index is 11.4. The van der Waals surface area contributed by atoms with Gasteiger partial charge in [0.25, 0.3) is 0 Å². The molecule has 2 rings (SSSR count). The fourth-order valence-electron chi connectivity index (χ4n) is 1.50. The van der Waals surface area contributed by atoms with Crippen LogP contribution < -0.4 is 10.6 Å². The van der Waals surface area contributed by atoms with Crippen LogP contribution in [-0.4, -0.2) is 45.7 Å². The van der Waals surface area contributed by atoms with E-state index in [-0.39, 0.29) is 11.6 Å². The summed E-state index contributed by atoms with van der Waals surface area (Å²) in [5.74, 6) is -1.09. The smallest absolute Gasteiger partial charge is 0.356 e. The molecule has 7 heteroatoms. The fourth-order valence-corrected chi connectivity index (χ4v) is 1.50. The minimum absolute atomic E-state index is 0.0109. The number of aromatic carboxylic acids is 1. The van der Waals surface area contributed by atoms with Crippen molar-refractivity contribution in [1.82, 2.24) is 20.2 Å². The first-order valence-corrected chi connectivity index (χ1v) is 5.90. The largest absolute Gasteiger partial charge is 0.476 e. The lowest BCUT2D eigenvalue weighted by Crippen LogP contribution is -2.36. The van der Waals surface area contributed by atoms with Gasteiger partial charge in [-0.3, -0.25) is 4.79 Å². The Balaban J connectivity index is 1.64. The van der Waals surface area contributed by atoms with Crippen LogP contribution in [0.25, 0.3) is 0 Å².